The number of anilines is 1. The first-order valence-corrected chi connectivity index (χ1v) is 11.0. The van der Waals surface area contributed by atoms with Crippen molar-refractivity contribution in [3.05, 3.63) is 106 Å². The van der Waals surface area contributed by atoms with Crippen LogP contribution in [0, 0.1) is 33.5 Å². The zero-order chi connectivity index (χ0) is 23.7. The van der Waals surface area contributed by atoms with Crippen LogP contribution < -0.4 is 5.32 Å². The van der Waals surface area contributed by atoms with E-state index in [4.69, 9.17) is 0 Å². The lowest BCUT2D eigenvalue weighted by Crippen LogP contribution is -2.34. The number of nitrogens with zero attached hydrogens (tertiary/aromatic N) is 1. The molecule has 0 aromatic heterocycles. The molecule has 4 nitrogen and oxygen atoms in total. The van der Waals surface area contributed by atoms with Gasteiger partial charge in [-0.3, -0.25) is 14.5 Å². The molecule has 4 rings (SSSR count). The van der Waals surface area contributed by atoms with E-state index in [2.05, 4.69) is 11.4 Å². The number of halogens is 1. The van der Waals surface area contributed by atoms with Crippen molar-refractivity contribution in [3.63, 3.8) is 0 Å². The summed E-state index contributed by atoms with van der Waals surface area (Å²) in [5.41, 5.74) is 7.21. The van der Waals surface area contributed by atoms with Crippen LogP contribution in [0.2, 0.25) is 0 Å². The zero-order valence-corrected chi connectivity index (χ0v) is 19.3. The Morgan fingerprint density at radius 3 is 2.09 bits per heavy atom. The minimum atomic E-state index is -0.351. The van der Waals surface area contributed by atoms with E-state index in [1.54, 1.807) is 12.1 Å². The average Bonchev–Trinajstić information content (AvgIpc) is 2.96. The van der Waals surface area contributed by atoms with Gasteiger partial charge in [0.1, 0.15) is 11.5 Å². The van der Waals surface area contributed by atoms with Crippen molar-refractivity contribution in [2.75, 3.05) is 11.9 Å². The fourth-order valence-corrected chi connectivity index (χ4v) is 4.32. The number of hydrogen-bond donors (Lipinski definition) is 1. The van der Waals surface area contributed by atoms with E-state index in [9.17, 15) is 14.0 Å². The number of imide groups is 1. The molecule has 1 aliphatic rings. The van der Waals surface area contributed by atoms with E-state index < -0.39 is 0 Å². The third-order valence-electron chi connectivity index (χ3n) is 5.85. The molecule has 5 heteroatoms. The van der Waals surface area contributed by atoms with Gasteiger partial charge in [0.05, 0.1) is 5.57 Å². The summed E-state index contributed by atoms with van der Waals surface area (Å²) >= 11 is 0. The van der Waals surface area contributed by atoms with Gasteiger partial charge in [-0.1, -0.05) is 42.0 Å². The van der Waals surface area contributed by atoms with Gasteiger partial charge in [0.15, 0.2) is 0 Å². The minimum Gasteiger partial charge on any atom is -0.350 e. The third-order valence-corrected chi connectivity index (χ3v) is 5.85. The molecule has 0 atom stereocenters. The topological polar surface area (TPSA) is 49.4 Å². The number of carbonyl (C=O) groups is 2. The lowest BCUT2D eigenvalue weighted by atomic mass is 9.97. The standard InChI is InChI=1S/C28H27FN2O2/c1-17-5-10-24(20(4)14-17)25-26(30-23-15-18(2)13-19(3)16-23)28(33)31(27(25)32)12-11-21-6-8-22(29)9-7-21/h5-10,13-16,30H,11-12H2,1-4H3. The Morgan fingerprint density at radius 1 is 0.788 bits per heavy atom. The molecular formula is C28H27FN2O2. The zero-order valence-electron chi connectivity index (χ0n) is 19.3. The van der Waals surface area contributed by atoms with Gasteiger partial charge in [0.2, 0.25) is 0 Å². The molecule has 1 aliphatic heterocycles. The van der Waals surface area contributed by atoms with Crippen molar-refractivity contribution in [1.82, 2.24) is 4.90 Å². The van der Waals surface area contributed by atoms with Crippen LogP contribution in [0.15, 0.2) is 66.4 Å². The van der Waals surface area contributed by atoms with Crippen molar-refractivity contribution < 1.29 is 14.0 Å². The van der Waals surface area contributed by atoms with Crippen LogP contribution in [-0.2, 0) is 16.0 Å². The molecule has 0 bridgehead atoms. The number of amides is 2. The third kappa shape index (κ3) is 4.72. The molecule has 0 spiro atoms. The van der Waals surface area contributed by atoms with Gasteiger partial charge < -0.3 is 5.32 Å². The average molecular weight is 443 g/mol. The van der Waals surface area contributed by atoms with E-state index >= 15 is 0 Å². The fraction of sp³-hybridized carbons (Fsp3) is 0.214. The number of benzene rings is 3. The Hall–Kier alpha value is -3.73. The molecule has 1 N–H and O–H groups in total. The number of rotatable bonds is 6. The van der Waals surface area contributed by atoms with Gasteiger partial charge in [0, 0.05) is 12.2 Å². The van der Waals surface area contributed by atoms with Gasteiger partial charge in [0.25, 0.3) is 11.8 Å². The second-order valence-electron chi connectivity index (χ2n) is 8.71. The second-order valence-corrected chi connectivity index (χ2v) is 8.71. The Morgan fingerprint density at radius 2 is 1.45 bits per heavy atom. The highest BCUT2D eigenvalue weighted by Crippen LogP contribution is 2.33. The van der Waals surface area contributed by atoms with Crippen molar-refractivity contribution >= 4 is 23.1 Å². The summed E-state index contributed by atoms with van der Waals surface area (Å²) < 4.78 is 13.2. The number of carbonyl (C=O) groups excluding carboxylic acids is 2. The van der Waals surface area contributed by atoms with Crippen LogP contribution in [0.1, 0.15) is 33.4 Å². The lowest BCUT2D eigenvalue weighted by Gasteiger charge is -2.16. The smallest absolute Gasteiger partial charge is 0.278 e. The first kappa shape index (κ1) is 22.5. The van der Waals surface area contributed by atoms with E-state index in [0.717, 1.165) is 39.1 Å². The highest BCUT2D eigenvalue weighted by Gasteiger charge is 2.39. The van der Waals surface area contributed by atoms with E-state index in [0.29, 0.717) is 12.0 Å². The highest BCUT2D eigenvalue weighted by atomic mass is 19.1. The first-order valence-electron chi connectivity index (χ1n) is 11.0. The van der Waals surface area contributed by atoms with Crippen LogP contribution in [0.3, 0.4) is 0 Å². The van der Waals surface area contributed by atoms with E-state index in [-0.39, 0.29) is 29.9 Å². The van der Waals surface area contributed by atoms with Gasteiger partial charge in [-0.2, -0.15) is 0 Å². The fourth-order valence-electron chi connectivity index (χ4n) is 4.32. The molecule has 168 valence electrons. The van der Waals surface area contributed by atoms with Gasteiger partial charge in [-0.15, -0.1) is 0 Å². The maximum atomic E-state index is 13.5. The van der Waals surface area contributed by atoms with Gasteiger partial charge in [-0.25, -0.2) is 4.39 Å². The van der Waals surface area contributed by atoms with Gasteiger partial charge >= 0.3 is 0 Å². The molecule has 0 unspecified atom stereocenters. The number of aryl methyl sites for hydroxylation is 4. The van der Waals surface area contributed by atoms with Crippen LogP contribution in [0.4, 0.5) is 10.1 Å². The molecular weight excluding hydrogens is 415 g/mol. The summed E-state index contributed by atoms with van der Waals surface area (Å²) in [4.78, 5) is 28.2. The largest absolute Gasteiger partial charge is 0.350 e. The molecule has 0 fully saturated rings. The van der Waals surface area contributed by atoms with E-state index in [1.165, 1.54) is 17.0 Å². The Balaban J connectivity index is 1.71. The summed E-state index contributed by atoms with van der Waals surface area (Å²) in [6, 6.07) is 17.9. The van der Waals surface area contributed by atoms with Gasteiger partial charge in [-0.05, 0) is 86.2 Å². The predicted octanol–water partition coefficient (Wildman–Crippen LogP) is 5.49. The highest BCUT2D eigenvalue weighted by molar-refractivity contribution is 6.36. The van der Waals surface area contributed by atoms with Crippen LogP contribution in [0.5, 0.6) is 0 Å². The molecule has 0 aliphatic carbocycles. The van der Waals surface area contributed by atoms with Crippen molar-refractivity contribution in [1.29, 1.82) is 0 Å². The van der Waals surface area contributed by atoms with Crippen LogP contribution in [-0.4, -0.2) is 23.3 Å². The monoisotopic (exact) mass is 442 g/mol. The summed E-state index contributed by atoms with van der Waals surface area (Å²) in [6.45, 7) is 8.15. The molecule has 33 heavy (non-hydrogen) atoms. The summed E-state index contributed by atoms with van der Waals surface area (Å²) in [7, 11) is 0. The maximum Gasteiger partial charge on any atom is 0.278 e. The molecule has 3 aromatic carbocycles. The Kier molecular flexibility index (Phi) is 6.14. The Labute approximate surface area is 193 Å². The molecule has 2 amide bonds. The predicted molar refractivity (Wildman–Crippen MR) is 129 cm³/mol. The minimum absolute atomic E-state index is 0.218. The van der Waals surface area contributed by atoms with Crippen molar-refractivity contribution in [2.45, 2.75) is 34.1 Å². The maximum absolute atomic E-state index is 13.5. The number of nitrogens with one attached hydrogen (secondary N) is 1. The van der Waals surface area contributed by atoms with Crippen molar-refractivity contribution in [3.8, 4) is 0 Å². The summed E-state index contributed by atoms with van der Waals surface area (Å²) in [5, 5.41) is 3.25. The first-order chi connectivity index (χ1) is 15.7. The molecule has 0 radical (unpaired) electrons. The molecule has 0 saturated carbocycles. The number of hydrogen-bond acceptors (Lipinski definition) is 3. The van der Waals surface area contributed by atoms with Crippen LogP contribution >= 0.6 is 0 Å². The normalized spacial score (nSPS) is 13.8. The SMILES string of the molecule is Cc1cc(C)cc(NC2=C(c3ccc(C)cc3C)C(=O)N(CCc3ccc(F)cc3)C2=O)c1. The molecule has 3 aromatic rings. The quantitative estimate of drug-likeness (QED) is 0.513. The van der Waals surface area contributed by atoms with E-state index in [1.807, 2.05) is 58.0 Å². The summed E-state index contributed by atoms with van der Waals surface area (Å²) in [6.07, 6.45) is 0.453. The van der Waals surface area contributed by atoms with Crippen LogP contribution in [0.25, 0.3) is 5.57 Å². The lowest BCUT2D eigenvalue weighted by molar-refractivity contribution is -0.136. The summed E-state index contributed by atoms with van der Waals surface area (Å²) in [5.74, 6) is -0.983. The van der Waals surface area contributed by atoms with Crippen molar-refractivity contribution in [2.24, 2.45) is 0 Å². The second kappa shape index (κ2) is 9.02. The molecule has 0 saturated heterocycles. The Bertz CT molecular complexity index is 1260. The molecule has 1 heterocycles.